The van der Waals surface area contributed by atoms with E-state index >= 15 is 0 Å². The molecule has 1 fully saturated rings. The summed E-state index contributed by atoms with van der Waals surface area (Å²) in [4.78, 5) is 0.657. The fourth-order valence-corrected chi connectivity index (χ4v) is 4.71. The lowest BCUT2D eigenvalue weighted by Crippen LogP contribution is -2.46. The summed E-state index contributed by atoms with van der Waals surface area (Å²) in [5.41, 5.74) is 0. The summed E-state index contributed by atoms with van der Waals surface area (Å²) in [7, 11) is -3.44. The monoisotopic (exact) mass is 277 g/mol. The summed E-state index contributed by atoms with van der Waals surface area (Å²) in [6.45, 7) is 2.95. The molecular weight excluding hydrogens is 262 g/mol. The Bertz CT molecular complexity index is 482. The quantitative estimate of drug-likeness (QED) is 0.881. The van der Waals surface area contributed by atoms with Gasteiger partial charge >= 0.3 is 0 Å². The average Bonchev–Trinajstić information content (AvgIpc) is 2.78. The molecule has 1 aliphatic heterocycles. The Balaban J connectivity index is 2.28. The molecule has 1 N–H and O–H groups in total. The normalized spacial score (nSPS) is 22.8. The van der Waals surface area contributed by atoms with Crippen molar-refractivity contribution in [3.8, 4) is 0 Å². The number of nitrogens with zero attached hydrogens (tertiary/aromatic N) is 1. The van der Waals surface area contributed by atoms with Gasteiger partial charge in [-0.2, -0.15) is 4.31 Å². The predicted molar refractivity (Wildman–Crippen MR) is 64.4 cm³/mol. The molecule has 0 aromatic carbocycles. The number of rotatable bonds is 3. The molecule has 0 amide bonds. The highest BCUT2D eigenvalue weighted by Crippen LogP contribution is 2.27. The van der Waals surface area contributed by atoms with Gasteiger partial charge in [-0.3, -0.25) is 0 Å². The average molecular weight is 277 g/mol. The lowest BCUT2D eigenvalue weighted by molar-refractivity contribution is 0.0393. The van der Waals surface area contributed by atoms with E-state index in [2.05, 4.69) is 0 Å². The van der Waals surface area contributed by atoms with Crippen LogP contribution >= 0.6 is 11.3 Å². The highest BCUT2D eigenvalue weighted by Gasteiger charge is 2.32. The minimum absolute atomic E-state index is 0.126. The molecule has 5 nitrogen and oxygen atoms in total. The zero-order valence-corrected chi connectivity index (χ0v) is 11.1. The Morgan fingerprint density at radius 2 is 2.35 bits per heavy atom. The van der Waals surface area contributed by atoms with E-state index in [1.807, 2.05) is 6.92 Å². The van der Waals surface area contributed by atoms with E-state index in [0.29, 0.717) is 24.6 Å². The molecule has 7 heteroatoms. The Labute approximate surface area is 105 Å². The zero-order chi connectivity index (χ0) is 12.5. The van der Waals surface area contributed by atoms with Gasteiger partial charge in [0.1, 0.15) is 4.21 Å². The first kappa shape index (κ1) is 13.0. The largest absolute Gasteiger partial charge is 0.391 e. The van der Waals surface area contributed by atoms with Gasteiger partial charge in [-0.25, -0.2) is 8.42 Å². The summed E-state index contributed by atoms with van der Waals surface area (Å²) in [5, 5.41) is 8.96. The number of thiophene rings is 1. The molecule has 1 saturated heterocycles. The number of aliphatic hydroxyl groups excluding tert-OH is 1. The molecule has 0 radical (unpaired) electrons. The fraction of sp³-hybridized carbons (Fsp3) is 0.600. The Morgan fingerprint density at radius 1 is 1.59 bits per heavy atom. The summed E-state index contributed by atoms with van der Waals surface area (Å²) in [6, 6.07) is 3.05. The number of hydrogen-bond donors (Lipinski definition) is 1. The molecule has 0 spiro atoms. The van der Waals surface area contributed by atoms with Crippen LogP contribution in [-0.4, -0.2) is 43.6 Å². The summed E-state index contributed by atoms with van der Waals surface area (Å²) in [5.74, 6) is 0. The highest BCUT2D eigenvalue weighted by molar-refractivity contribution is 7.91. The minimum atomic E-state index is -3.44. The molecule has 2 heterocycles. The van der Waals surface area contributed by atoms with E-state index < -0.39 is 10.0 Å². The Hall–Kier alpha value is -0.470. The molecular formula is C10H15NO4S2. The molecule has 0 bridgehead atoms. The SMILES string of the molecule is CC1COCCN1S(=O)(=O)c1ccc(CO)s1. The Kier molecular flexibility index (Phi) is 3.84. The topological polar surface area (TPSA) is 66.8 Å². The Morgan fingerprint density at radius 3 is 2.94 bits per heavy atom. The predicted octanol–water partition coefficient (Wildman–Crippen LogP) is 0.650. The van der Waals surface area contributed by atoms with Gasteiger partial charge in [0.05, 0.1) is 19.8 Å². The van der Waals surface area contributed by atoms with E-state index in [-0.39, 0.29) is 16.9 Å². The summed E-state index contributed by atoms with van der Waals surface area (Å²) < 4.78 is 31.6. The van der Waals surface area contributed by atoms with Crippen molar-refractivity contribution in [1.29, 1.82) is 0 Å². The summed E-state index contributed by atoms with van der Waals surface area (Å²) in [6.07, 6.45) is 0. The second kappa shape index (κ2) is 5.03. The summed E-state index contributed by atoms with van der Waals surface area (Å²) >= 11 is 1.12. The van der Waals surface area contributed by atoms with Crippen molar-refractivity contribution < 1.29 is 18.3 Å². The van der Waals surface area contributed by atoms with Crippen molar-refractivity contribution in [3.63, 3.8) is 0 Å². The standard InChI is InChI=1S/C10H15NO4S2/c1-8-7-15-5-4-11(8)17(13,14)10-3-2-9(6-12)16-10/h2-3,8,12H,4-7H2,1H3. The van der Waals surface area contributed by atoms with Crippen molar-refractivity contribution in [1.82, 2.24) is 4.31 Å². The van der Waals surface area contributed by atoms with Crippen LogP contribution in [-0.2, 0) is 21.4 Å². The van der Waals surface area contributed by atoms with Crippen LogP contribution in [0.15, 0.2) is 16.3 Å². The van der Waals surface area contributed by atoms with Gasteiger partial charge in [0.25, 0.3) is 10.0 Å². The number of hydrogen-bond acceptors (Lipinski definition) is 5. The first-order valence-corrected chi connectivity index (χ1v) is 7.60. The lowest BCUT2D eigenvalue weighted by Gasteiger charge is -2.31. The van der Waals surface area contributed by atoms with E-state index in [1.54, 1.807) is 12.1 Å². The molecule has 96 valence electrons. The van der Waals surface area contributed by atoms with Crippen LogP contribution in [0.25, 0.3) is 0 Å². The van der Waals surface area contributed by atoms with Gasteiger partial charge in [-0.05, 0) is 19.1 Å². The van der Waals surface area contributed by atoms with Crippen molar-refractivity contribution in [2.45, 2.75) is 23.8 Å². The van der Waals surface area contributed by atoms with Gasteiger partial charge < -0.3 is 9.84 Å². The van der Waals surface area contributed by atoms with Gasteiger partial charge in [-0.1, -0.05) is 0 Å². The van der Waals surface area contributed by atoms with E-state index in [9.17, 15) is 8.42 Å². The third-order valence-corrected chi connectivity index (χ3v) is 6.21. The van der Waals surface area contributed by atoms with Gasteiger partial charge in [-0.15, -0.1) is 11.3 Å². The molecule has 0 saturated carbocycles. The number of sulfonamides is 1. The van der Waals surface area contributed by atoms with Crippen LogP contribution in [0.3, 0.4) is 0 Å². The van der Waals surface area contributed by atoms with Crippen molar-refractivity contribution in [2.75, 3.05) is 19.8 Å². The second-order valence-corrected chi connectivity index (χ2v) is 7.20. The molecule has 0 aliphatic carbocycles. The van der Waals surface area contributed by atoms with Crippen molar-refractivity contribution >= 4 is 21.4 Å². The molecule has 1 aromatic heterocycles. The van der Waals surface area contributed by atoms with Crippen molar-refractivity contribution in [3.05, 3.63) is 17.0 Å². The van der Waals surface area contributed by atoms with E-state index in [1.165, 1.54) is 4.31 Å². The third kappa shape index (κ3) is 2.53. The van der Waals surface area contributed by atoms with Gasteiger partial charge in [0, 0.05) is 17.5 Å². The van der Waals surface area contributed by atoms with Crippen LogP contribution in [0.1, 0.15) is 11.8 Å². The maximum atomic E-state index is 12.3. The van der Waals surface area contributed by atoms with E-state index in [0.717, 1.165) is 11.3 Å². The van der Waals surface area contributed by atoms with Gasteiger partial charge in [0.15, 0.2) is 0 Å². The molecule has 17 heavy (non-hydrogen) atoms. The second-order valence-electron chi connectivity index (χ2n) is 3.92. The molecule has 1 aliphatic rings. The first-order chi connectivity index (χ1) is 8.05. The third-order valence-electron chi connectivity index (χ3n) is 2.66. The molecule has 2 rings (SSSR count). The maximum Gasteiger partial charge on any atom is 0.252 e. The molecule has 1 aromatic rings. The van der Waals surface area contributed by atoms with Crippen LogP contribution in [0.5, 0.6) is 0 Å². The van der Waals surface area contributed by atoms with Crippen LogP contribution in [0, 0.1) is 0 Å². The number of morpholine rings is 1. The first-order valence-electron chi connectivity index (χ1n) is 5.35. The van der Waals surface area contributed by atoms with Gasteiger partial charge in [0.2, 0.25) is 0 Å². The fourth-order valence-electron chi connectivity index (χ4n) is 1.77. The minimum Gasteiger partial charge on any atom is -0.391 e. The van der Waals surface area contributed by atoms with Crippen LogP contribution < -0.4 is 0 Å². The molecule has 1 unspecified atom stereocenters. The maximum absolute atomic E-state index is 12.3. The van der Waals surface area contributed by atoms with Crippen LogP contribution in [0.2, 0.25) is 0 Å². The number of ether oxygens (including phenoxy) is 1. The zero-order valence-electron chi connectivity index (χ0n) is 9.50. The smallest absolute Gasteiger partial charge is 0.252 e. The van der Waals surface area contributed by atoms with Crippen LogP contribution in [0.4, 0.5) is 0 Å². The van der Waals surface area contributed by atoms with E-state index in [4.69, 9.17) is 9.84 Å². The molecule has 1 atom stereocenters. The highest BCUT2D eigenvalue weighted by atomic mass is 32.2. The number of aliphatic hydroxyl groups is 1. The lowest BCUT2D eigenvalue weighted by atomic mass is 10.3. The van der Waals surface area contributed by atoms with Crippen molar-refractivity contribution in [2.24, 2.45) is 0 Å².